The van der Waals surface area contributed by atoms with Crippen molar-refractivity contribution in [2.24, 2.45) is 4.99 Å². The Kier molecular flexibility index (Phi) is 6.30. The van der Waals surface area contributed by atoms with Gasteiger partial charge in [0.2, 0.25) is 0 Å². The van der Waals surface area contributed by atoms with Crippen molar-refractivity contribution in [2.45, 2.75) is 12.6 Å². The summed E-state index contributed by atoms with van der Waals surface area (Å²) >= 11 is 3.52. The predicted molar refractivity (Wildman–Crippen MR) is 108 cm³/mol. The van der Waals surface area contributed by atoms with E-state index >= 15 is 0 Å². The number of aliphatic carboxylic acids is 2. The molecule has 146 valence electrons. The van der Waals surface area contributed by atoms with Crippen molar-refractivity contribution in [3.05, 3.63) is 70.2 Å². The minimum Gasteiger partial charge on any atom is -0.473 e. The van der Waals surface area contributed by atoms with E-state index in [-0.39, 0.29) is 0 Å². The zero-order valence-electron chi connectivity index (χ0n) is 15.0. The molecule has 7 nitrogen and oxygen atoms in total. The van der Waals surface area contributed by atoms with E-state index < -0.39 is 11.9 Å². The maximum atomic E-state index is 9.10. The molecular formula is C20H20BrN3O4. The standard InChI is InChI=1S/C18H18BrN3.C2H2O4/c19-16-8-6-15(7-9-16)17-13-21(18-20-10-11-22(17)18)12-14-4-2-1-3-5-14;3-1(4)2(5)6/h1-9,17H,10-13H2;(H,3,4)(H,5,6). The Bertz CT molecular complexity index is 859. The van der Waals surface area contributed by atoms with Crippen LogP contribution in [0.5, 0.6) is 0 Å². The molecule has 2 aliphatic rings. The van der Waals surface area contributed by atoms with Crippen LogP contribution in [-0.2, 0) is 16.1 Å². The summed E-state index contributed by atoms with van der Waals surface area (Å²) in [6, 6.07) is 19.8. The molecule has 1 saturated heterocycles. The van der Waals surface area contributed by atoms with Crippen molar-refractivity contribution in [1.82, 2.24) is 9.80 Å². The van der Waals surface area contributed by atoms with Crippen molar-refractivity contribution in [3.8, 4) is 0 Å². The number of halogens is 1. The van der Waals surface area contributed by atoms with Gasteiger partial charge in [0, 0.05) is 24.1 Å². The number of benzene rings is 2. The summed E-state index contributed by atoms with van der Waals surface area (Å²) in [6.07, 6.45) is 0. The van der Waals surface area contributed by atoms with Gasteiger partial charge in [-0.25, -0.2) is 9.59 Å². The molecule has 0 aromatic heterocycles. The molecule has 2 N–H and O–H groups in total. The van der Waals surface area contributed by atoms with Gasteiger partial charge in [-0.3, -0.25) is 4.99 Å². The van der Waals surface area contributed by atoms with Crippen LogP contribution in [0.1, 0.15) is 17.2 Å². The fourth-order valence-corrected chi connectivity index (χ4v) is 3.59. The zero-order valence-corrected chi connectivity index (χ0v) is 16.6. The number of fused-ring (bicyclic) bond motifs is 1. The van der Waals surface area contributed by atoms with Crippen LogP contribution in [0, 0.1) is 0 Å². The number of carboxylic acid groups (broad SMARTS) is 2. The first-order valence-electron chi connectivity index (χ1n) is 8.77. The maximum Gasteiger partial charge on any atom is 0.414 e. The third kappa shape index (κ3) is 4.69. The molecule has 0 aliphatic carbocycles. The Balaban J connectivity index is 0.000000330. The van der Waals surface area contributed by atoms with E-state index in [4.69, 9.17) is 24.8 Å². The van der Waals surface area contributed by atoms with Gasteiger partial charge in [0.25, 0.3) is 0 Å². The molecule has 2 aromatic rings. The quantitative estimate of drug-likeness (QED) is 0.705. The van der Waals surface area contributed by atoms with Crippen LogP contribution in [0.25, 0.3) is 0 Å². The molecule has 0 radical (unpaired) electrons. The Labute approximate surface area is 171 Å². The minimum atomic E-state index is -1.82. The van der Waals surface area contributed by atoms with E-state index in [2.05, 4.69) is 80.3 Å². The van der Waals surface area contributed by atoms with Crippen LogP contribution in [0.4, 0.5) is 0 Å². The van der Waals surface area contributed by atoms with Gasteiger partial charge >= 0.3 is 11.9 Å². The molecule has 1 unspecified atom stereocenters. The van der Waals surface area contributed by atoms with Crippen molar-refractivity contribution in [2.75, 3.05) is 19.6 Å². The third-order valence-electron chi connectivity index (χ3n) is 4.56. The number of rotatable bonds is 3. The highest BCUT2D eigenvalue weighted by Crippen LogP contribution is 2.33. The molecule has 1 fully saturated rings. The maximum absolute atomic E-state index is 9.10. The molecule has 2 aromatic carbocycles. The molecule has 0 saturated carbocycles. The van der Waals surface area contributed by atoms with Crippen molar-refractivity contribution >= 4 is 33.8 Å². The van der Waals surface area contributed by atoms with Crippen LogP contribution in [0.15, 0.2) is 64.1 Å². The first kappa shape index (κ1) is 19.9. The van der Waals surface area contributed by atoms with Crippen molar-refractivity contribution < 1.29 is 19.8 Å². The van der Waals surface area contributed by atoms with E-state index in [0.717, 1.165) is 36.6 Å². The van der Waals surface area contributed by atoms with Gasteiger partial charge in [-0.15, -0.1) is 0 Å². The van der Waals surface area contributed by atoms with E-state index in [1.165, 1.54) is 11.1 Å². The highest BCUT2D eigenvalue weighted by atomic mass is 79.9. The number of aliphatic imine (C=N–C) groups is 1. The molecule has 8 heteroatoms. The summed E-state index contributed by atoms with van der Waals surface area (Å²) in [5.41, 5.74) is 2.71. The van der Waals surface area contributed by atoms with Crippen LogP contribution in [0.3, 0.4) is 0 Å². The molecule has 28 heavy (non-hydrogen) atoms. The summed E-state index contributed by atoms with van der Waals surface area (Å²) in [7, 11) is 0. The van der Waals surface area contributed by atoms with E-state index in [0.29, 0.717) is 6.04 Å². The smallest absolute Gasteiger partial charge is 0.414 e. The van der Waals surface area contributed by atoms with Gasteiger partial charge in [0.05, 0.1) is 12.6 Å². The lowest BCUT2D eigenvalue weighted by Crippen LogP contribution is -2.30. The number of guanidine groups is 1. The van der Waals surface area contributed by atoms with Crippen molar-refractivity contribution in [1.29, 1.82) is 0 Å². The molecule has 0 spiro atoms. The lowest BCUT2D eigenvalue weighted by molar-refractivity contribution is -0.159. The Morgan fingerprint density at radius 1 is 1.04 bits per heavy atom. The van der Waals surface area contributed by atoms with E-state index in [1.54, 1.807) is 0 Å². The van der Waals surface area contributed by atoms with Crippen LogP contribution in [-0.4, -0.2) is 57.5 Å². The second kappa shape index (κ2) is 8.88. The van der Waals surface area contributed by atoms with Gasteiger partial charge < -0.3 is 20.0 Å². The Morgan fingerprint density at radius 2 is 1.68 bits per heavy atom. The number of nitrogens with zero attached hydrogens (tertiary/aromatic N) is 3. The highest BCUT2D eigenvalue weighted by molar-refractivity contribution is 9.10. The molecule has 0 amide bonds. The molecular weight excluding hydrogens is 426 g/mol. The molecule has 1 atom stereocenters. The SMILES string of the molecule is Brc1ccc(C2CN(Cc3ccccc3)C3=NCCN32)cc1.O=C(O)C(=O)O. The van der Waals surface area contributed by atoms with E-state index in [1.807, 2.05) is 0 Å². The van der Waals surface area contributed by atoms with Gasteiger partial charge in [0.1, 0.15) is 0 Å². The Morgan fingerprint density at radius 3 is 2.29 bits per heavy atom. The molecule has 4 rings (SSSR count). The lowest BCUT2D eigenvalue weighted by Gasteiger charge is -2.21. The summed E-state index contributed by atoms with van der Waals surface area (Å²) in [4.78, 5) is 27.8. The highest BCUT2D eigenvalue weighted by Gasteiger charge is 2.38. The average molecular weight is 446 g/mol. The van der Waals surface area contributed by atoms with Gasteiger partial charge in [-0.2, -0.15) is 0 Å². The average Bonchev–Trinajstić information content (AvgIpc) is 3.28. The largest absolute Gasteiger partial charge is 0.473 e. The molecule has 2 heterocycles. The van der Waals surface area contributed by atoms with Crippen LogP contribution in [0.2, 0.25) is 0 Å². The van der Waals surface area contributed by atoms with E-state index in [9.17, 15) is 0 Å². The summed E-state index contributed by atoms with van der Waals surface area (Å²) < 4.78 is 1.13. The number of hydrogen-bond donors (Lipinski definition) is 2. The minimum absolute atomic E-state index is 0.415. The monoisotopic (exact) mass is 445 g/mol. The van der Waals surface area contributed by atoms with Gasteiger partial charge in [-0.1, -0.05) is 58.4 Å². The lowest BCUT2D eigenvalue weighted by atomic mass is 10.1. The van der Waals surface area contributed by atoms with Crippen LogP contribution >= 0.6 is 15.9 Å². The fourth-order valence-electron chi connectivity index (χ4n) is 3.32. The molecule has 0 bridgehead atoms. The predicted octanol–water partition coefficient (Wildman–Crippen LogP) is 2.83. The first-order valence-corrected chi connectivity index (χ1v) is 9.56. The normalized spacial score (nSPS) is 17.5. The van der Waals surface area contributed by atoms with Gasteiger partial charge in [0.15, 0.2) is 5.96 Å². The number of hydrogen-bond acceptors (Lipinski definition) is 5. The summed E-state index contributed by atoms with van der Waals surface area (Å²) in [6.45, 7) is 3.88. The number of carbonyl (C=O) groups is 2. The third-order valence-corrected chi connectivity index (χ3v) is 5.09. The Hall–Kier alpha value is -2.87. The topological polar surface area (TPSA) is 93.4 Å². The first-order chi connectivity index (χ1) is 13.5. The number of carboxylic acids is 2. The second-order valence-electron chi connectivity index (χ2n) is 6.42. The summed E-state index contributed by atoms with van der Waals surface area (Å²) in [5.74, 6) is -2.48. The molecule has 2 aliphatic heterocycles. The van der Waals surface area contributed by atoms with Crippen molar-refractivity contribution in [3.63, 3.8) is 0 Å². The zero-order chi connectivity index (χ0) is 20.1. The van der Waals surface area contributed by atoms with Crippen LogP contribution < -0.4 is 0 Å². The second-order valence-corrected chi connectivity index (χ2v) is 7.33. The van der Waals surface area contributed by atoms with Gasteiger partial charge in [-0.05, 0) is 23.3 Å². The fraction of sp³-hybridized carbons (Fsp3) is 0.250. The summed E-state index contributed by atoms with van der Waals surface area (Å²) in [5, 5.41) is 14.8.